The summed E-state index contributed by atoms with van der Waals surface area (Å²) in [6.07, 6.45) is 18.6. The number of hydrogen-bond donors (Lipinski definition) is 0. The number of hydrogen-bond acceptors (Lipinski definition) is 4. The van der Waals surface area contributed by atoms with Crippen LogP contribution in [0.4, 0.5) is 0 Å². The van der Waals surface area contributed by atoms with E-state index in [2.05, 4.69) is 37.7 Å². The van der Waals surface area contributed by atoms with Gasteiger partial charge in [-0.2, -0.15) is 0 Å². The number of rotatable bonds is 18. The molecule has 1 aromatic heterocycles. The predicted molar refractivity (Wildman–Crippen MR) is 139 cm³/mol. The minimum atomic E-state index is 0.440. The Hall–Kier alpha value is -2.10. The lowest BCUT2D eigenvalue weighted by Gasteiger charge is -2.24. The van der Waals surface area contributed by atoms with Crippen molar-refractivity contribution >= 4 is 0 Å². The molecule has 2 rings (SSSR count). The van der Waals surface area contributed by atoms with E-state index in [0.29, 0.717) is 11.2 Å². The number of ether oxygens (including phenoxy) is 2. The van der Waals surface area contributed by atoms with Crippen molar-refractivity contribution < 1.29 is 9.47 Å². The number of unbranched alkanes of at least 4 members (excludes halogenated alkanes) is 7. The Bertz CT molecular complexity index is 741. The molecule has 0 fully saturated rings. The lowest BCUT2D eigenvalue weighted by molar-refractivity contribution is 0.259. The second-order valence-corrected chi connectivity index (χ2v) is 9.96. The molecule has 1 heterocycles. The Morgan fingerprint density at radius 1 is 0.636 bits per heavy atom. The molecule has 0 saturated heterocycles. The number of benzene rings is 1. The maximum atomic E-state index is 5.87. The third-order valence-corrected chi connectivity index (χ3v) is 6.23. The standard InChI is InChI=1S/C29H46N2O2/c1-5-7-9-10-11-13-21-32-26-17-15-25(16-18-26)28-30-23-27(24-31-28)33-22-14-12-20-29(3,4)19-8-6-2/h15-18,23-24H,5-14,19-22H2,1-4H3. The number of nitrogens with zero attached hydrogens (tertiary/aromatic N) is 2. The highest BCUT2D eigenvalue weighted by atomic mass is 16.5. The Kier molecular flexibility index (Phi) is 12.9. The lowest BCUT2D eigenvalue weighted by atomic mass is 9.82. The van der Waals surface area contributed by atoms with Gasteiger partial charge in [0.25, 0.3) is 0 Å². The van der Waals surface area contributed by atoms with Crippen LogP contribution in [0.2, 0.25) is 0 Å². The molecule has 33 heavy (non-hydrogen) atoms. The third kappa shape index (κ3) is 11.5. The first-order valence-corrected chi connectivity index (χ1v) is 13.2. The van der Waals surface area contributed by atoms with Gasteiger partial charge in [0, 0.05) is 5.56 Å². The number of aromatic nitrogens is 2. The Balaban J connectivity index is 1.66. The van der Waals surface area contributed by atoms with Crippen molar-refractivity contribution in [2.75, 3.05) is 13.2 Å². The molecule has 0 spiro atoms. The summed E-state index contributed by atoms with van der Waals surface area (Å²) in [7, 11) is 0. The minimum Gasteiger partial charge on any atom is -0.494 e. The van der Waals surface area contributed by atoms with E-state index < -0.39 is 0 Å². The van der Waals surface area contributed by atoms with Crippen LogP contribution in [0.5, 0.6) is 11.5 Å². The smallest absolute Gasteiger partial charge is 0.159 e. The largest absolute Gasteiger partial charge is 0.494 e. The summed E-state index contributed by atoms with van der Waals surface area (Å²) in [4.78, 5) is 8.97. The summed E-state index contributed by atoms with van der Waals surface area (Å²) < 4.78 is 11.7. The van der Waals surface area contributed by atoms with Crippen LogP contribution >= 0.6 is 0 Å². The Morgan fingerprint density at radius 2 is 1.18 bits per heavy atom. The highest BCUT2D eigenvalue weighted by Gasteiger charge is 2.16. The summed E-state index contributed by atoms with van der Waals surface area (Å²) in [6, 6.07) is 8.05. The molecule has 2 aromatic rings. The van der Waals surface area contributed by atoms with E-state index in [9.17, 15) is 0 Å². The van der Waals surface area contributed by atoms with Crippen molar-refractivity contribution in [1.82, 2.24) is 9.97 Å². The van der Waals surface area contributed by atoms with Crippen molar-refractivity contribution in [2.45, 2.75) is 105 Å². The summed E-state index contributed by atoms with van der Waals surface area (Å²) in [6.45, 7) is 10.8. The molecule has 1 aromatic carbocycles. The van der Waals surface area contributed by atoms with Crippen LogP contribution in [-0.2, 0) is 0 Å². The van der Waals surface area contributed by atoms with E-state index in [1.165, 1.54) is 64.2 Å². The molecule has 0 bridgehead atoms. The molecule has 0 unspecified atom stereocenters. The monoisotopic (exact) mass is 454 g/mol. The van der Waals surface area contributed by atoms with E-state index in [4.69, 9.17) is 9.47 Å². The molecule has 4 nitrogen and oxygen atoms in total. The molecule has 0 N–H and O–H groups in total. The van der Waals surface area contributed by atoms with Gasteiger partial charge in [0.1, 0.15) is 5.75 Å². The first-order chi connectivity index (χ1) is 16.0. The fraction of sp³-hybridized carbons (Fsp3) is 0.655. The average molecular weight is 455 g/mol. The normalized spacial score (nSPS) is 11.5. The quantitative estimate of drug-likeness (QED) is 0.211. The van der Waals surface area contributed by atoms with Gasteiger partial charge in [0.05, 0.1) is 25.6 Å². The van der Waals surface area contributed by atoms with Gasteiger partial charge in [-0.15, -0.1) is 0 Å². The van der Waals surface area contributed by atoms with Gasteiger partial charge in [-0.1, -0.05) is 72.6 Å². The van der Waals surface area contributed by atoms with Crippen LogP contribution in [0, 0.1) is 5.41 Å². The average Bonchev–Trinajstić information content (AvgIpc) is 2.83. The van der Waals surface area contributed by atoms with Crippen molar-refractivity contribution in [3.8, 4) is 22.9 Å². The van der Waals surface area contributed by atoms with Gasteiger partial charge < -0.3 is 9.47 Å². The van der Waals surface area contributed by atoms with Gasteiger partial charge >= 0.3 is 0 Å². The lowest BCUT2D eigenvalue weighted by Crippen LogP contribution is -2.11. The van der Waals surface area contributed by atoms with E-state index in [1.807, 2.05) is 24.3 Å². The van der Waals surface area contributed by atoms with Gasteiger partial charge in [-0.05, 0) is 61.8 Å². The SMILES string of the molecule is CCCCCCCCOc1ccc(-c2ncc(OCCCCC(C)(C)CCCC)cn2)cc1. The van der Waals surface area contributed by atoms with Crippen molar-refractivity contribution in [3.63, 3.8) is 0 Å². The predicted octanol–water partition coefficient (Wildman–Crippen LogP) is 8.65. The van der Waals surface area contributed by atoms with E-state index in [1.54, 1.807) is 12.4 Å². The van der Waals surface area contributed by atoms with Crippen LogP contribution in [0.25, 0.3) is 11.4 Å². The summed E-state index contributed by atoms with van der Waals surface area (Å²) >= 11 is 0. The van der Waals surface area contributed by atoms with Crippen molar-refractivity contribution in [3.05, 3.63) is 36.7 Å². The highest BCUT2D eigenvalue weighted by molar-refractivity contribution is 5.56. The van der Waals surface area contributed by atoms with Gasteiger partial charge in [0.15, 0.2) is 11.6 Å². The summed E-state index contributed by atoms with van der Waals surface area (Å²) in [5, 5.41) is 0. The maximum absolute atomic E-state index is 5.87. The molecule has 0 aliphatic carbocycles. The van der Waals surface area contributed by atoms with Crippen molar-refractivity contribution in [2.24, 2.45) is 5.41 Å². The van der Waals surface area contributed by atoms with Gasteiger partial charge in [-0.3, -0.25) is 0 Å². The minimum absolute atomic E-state index is 0.440. The Labute approximate surface area is 202 Å². The van der Waals surface area contributed by atoms with Crippen LogP contribution in [-0.4, -0.2) is 23.2 Å². The summed E-state index contributed by atoms with van der Waals surface area (Å²) in [5.74, 6) is 2.36. The molecule has 0 radical (unpaired) electrons. The Morgan fingerprint density at radius 3 is 1.85 bits per heavy atom. The van der Waals surface area contributed by atoms with Gasteiger partial charge in [-0.25, -0.2) is 9.97 Å². The second-order valence-electron chi connectivity index (χ2n) is 9.96. The third-order valence-electron chi connectivity index (χ3n) is 6.23. The molecule has 0 amide bonds. The van der Waals surface area contributed by atoms with Crippen LogP contribution < -0.4 is 9.47 Å². The van der Waals surface area contributed by atoms with Crippen LogP contribution in [0.3, 0.4) is 0 Å². The molecule has 184 valence electrons. The highest BCUT2D eigenvalue weighted by Crippen LogP contribution is 2.29. The molecule has 0 aliphatic rings. The first kappa shape index (κ1) is 27.1. The molecular formula is C29H46N2O2. The van der Waals surface area contributed by atoms with E-state index in [-0.39, 0.29) is 0 Å². The summed E-state index contributed by atoms with van der Waals surface area (Å²) in [5.41, 5.74) is 1.43. The van der Waals surface area contributed by atoms with Crippen LogP contribution in [0.15, 0.2) is 36.7 Å². The van der Waals surface area contributed by atoms with Crippen LogP contribution in [0.1, 0.15) is 105 Å². The zero-order chi connectivity index (χ0) is 23.8. The molecule has 4 heteroatoms. The van der Waals surface area contributed by atoms with Gasteiger partial charge in [0.2, 0.25) is 0 Å². The molecular weight excluding hydrogens is 408 g/mol. The molecule has 0 atom stereocenters. The fourth-order valence-corrected chi connectivity index (χ4v) is 3.99. The van der Waals surface area contributed by atoms with E-state index >= 15 is 0 Å². The zero-order valence-electron chi connectivity index (χ0n) is 21.6. The fourth-order valence-electron chi connectivity index (χ4n) is 3.99. The van der Waals surface area contributed by atoms with E-state index in [0.717, 1.165) is 43.1 Å². The molecule has 0 saturated carbocycles. The first-order valence-electron chi connectivity index (χ1n) is 13.2. The zero-order valence-corrected chi connectivity index (χ0v) is 21.6. The topological polar surface area (TPSA) is 44.2 Å². The maximum Gasteiger partial charge on any atom is 0.159 e. The molecule has 0 aliphatic heterocycles. The van der Waals surface area contributed by atoms with Crippen molar-refractivity contribution in [1.29, 1.82) is 0 Å². The second kappa shape index (κ2) is 15.7.